The molecule has 0 bridgehead atoms. The zero-order valence-electron chi connectivity index (χ0n) is 42.4. The molecule has 6 nitrogen and oxygen atoms in total. The van der Waals surface area contributed by atoms with E-state index in [9.17, 15) is 14.4 Å². The summed E-state index contributed by atoms with van der Waals surface area (Å²) in [6.45, 7) is 6.64. The Bertz CT molecular complexity index is 1020. The van der Waals surface area contributed by atoms with Crippen LogP contribution in [-0.2, 0) is 28.6 Å². The van der Waals surface area contributed by atoms with Gasteiger partial charge in [-0.3, -0.25) is 14.4 Å². The van der Waals surface area contributed by atoms with Crippen molar-refractivity contribution in [2.75, 3.05) is 13.2 Å². The molecule has 0 aliphatic rings. The van der Waals surface area contributed by atoms with E-state index < -0.39 is 6.10 Å². The SMILES string of the molecule is CCCCCC/C=C\CCCCCCCCCC(=O)OC[C@H](COC(=O)CCCCCCCCCCCCCCCCCCC)OC(=O)CCCCCCC/C=C\CCCCCC. The molecule has 0 saturated carbocycles. The van der Waals surface area contributed by atoms with Crippen molar-refractivity contribution in [3.63, 3.8) is 0 Å². The van der Waals surface area contributed by atoms with E-state index in [1.807, 2.05) is 0 Å². The number of ether oxygens (including phenoxy) is 3. The van der Waals surface area contributed by atoms with E-state index in [1.54, 1.807) is 0 Å². The minimum Gasteiger partial charge on any atom is -0.462 e. The Morgan fingerprint density at radius 3 is 0.810 bits per heavy atom. The fourth-order valence-corrected chi connectivity index (χ4v) is 8.20. The highest BCUT2D eigenvalue weighted by Gasteiger charge is 2.19. The predicted molar refractivity (Wildman–Crippen MR) is 270 cm³/mol. The van der Waals surface area contributed by atoms with Gasteiger partial charge in [-0.15, -0.1) is 0 Å². The summed E-state index contributed by atoms with van der Waals surface area (Å²) < 4.78 is 16.8. The zero-order chi connectivity index (χ0) is 45.8. The van der Waals surface area contributed by atoms with Crippen molar-refractivity contribution in [1.29, 1.82) is 0 Å². The van der Waals surface area contributed by atoms with Crippen molar-refractivity contribution in [2.45, 2.75) is 309 Å². The van der Waals surface area contributed by atoms with Gasteiger partial charge in [0.25, 0.3) is 0 Å². The Morgan fingerprint density at radius 1 is 0.302 bits per heavy atom. The number of hydrogen-bond donors (Lipinski definition) is 0. The molecule has 6 heteroatoms. The number of rotatable bonds is 51. The maximum absolute atomic E-state index is 12.8. The van der Waals surface area contributed by atoms with Crippen molar-refractivity contribution in [1.82, 2.24) is 0 Å². The summed E-state index contributed by atoms with van der Waals surface area (Å²) in [5.41, 5.74) is 0. The van der Waals surface area contributed by atoms with Crippen LogP contribution in [0, 0.1) is 0 Å². The lowest BCUT2D eigenvalue weighted by Gasteiger charge is -2.18. The third-order valence-corrected chi connectivity index (χ3v) is 12.4. The van der Waals surface area contributed by atoms with Crippen LogP contribution in [0.15, 0.2) is 24.3 Å². The van der Waals surface area contributed by atoms with Crippen LogP contribution in [0.5, 0.6) is 0 Å². The molecule has 0 N–H and O–H groups in total. The molecule has 0 aromatic carbocycles. The Labute approximate surface area is 392 Å². The monoisotopic (exact) mass is 887 g/mol. The van der Waals surface area contributed by atoms with E-state index >= 15 is 0 Å². The van der Waals surface area contributed by atoms with Gasteiger partial charge in [-0.2, -0.15) is 0 Å². The Hall–Kier alpha value is -2.11. The fourth-order valence-electron chi connectivity index (χ4n) is 8.20. The van der Waals surface area contributed by atoms with Gasteiger partial charge in [0.15, 0.2) is 6.10 Å². The molecule has 63 heavy (non-hydrogen) atoms. The van der Waals surface area contributed by atoms with Crippen molar-refractivity contribution in [3.8, 4) is 0 Å². The quantitative estimate of drug-likeness (QED) is 0.0262. The van der Waals surface area contributed by atoms with E-state index in [4.69, 9.17) is 14.2 Å². The molecule has 0 saturated heterocycles. The van der Waals surface area contributed by atoms with Gasteiger partial charge in [-0.25, -0.2) is 0 Å². The highest BCUT2D eigenvalue weighted by atomic mass is 16.6. The number of carbonyl (C=O) groups excluding carboxylic acids is 3. The summed E-state index contributed by atoms with van der Waals surface area (Å²) in [6.07, 6.45) is 60.2. The molecule has 0 amide bonds. The lowest BCUT2D eigenvalue weighted by atomic mass is 10.0. The lowest BCUT2D eigenvalue weighted by Crippen LogP contribution is -2.30. The van der Waals surface area contributed by atoms with E-state index in [0.29, 0.717) is 19.3 Å². The molecule has 0 unspecified atom stereocenters. The normalized spacial score (nSPS) is 12.1. The van der Waals surface area contributed by atoms with Crippen LogP contribution in [0.4, 0.5) is 0 Å². The summed E-state index contributed by atoms with van der Waals surface area (Å²) in [4.78, 5) is 38.1. The molecule has 0 aliphatic carbocycles. The third kappa shape index (κ3) is 50.7. The summed E-state index contributed by atoms with van der Waals surface area (Å²) in [5.74, 6) is -0.868. The number of esters is 3. The second-order valence-electron chi connectivity index (χ2n) is 18.8. The van der Waals surface area contributed by atoms with E-state index in [0.717, 1.165) is 64.2 Å². The Morgan fingerprint density at radius 2 is 0.524 bits per heavy atom. The standard InChI is InChI=1S/C57H106O6/c1-4-7-10-13-16-19-22-25-27-28-30-33-35-38-41-44-47-50-56(59)62-53-54(63-57(60)51-48-45-42-39-36-31-24-21-18-15-12-9-6-3)52-61-55(58)49-46-43-40-37-34-32-29-26-23-20-17-14-11-8-5-2/h20-21,23-24,54H,4-19,22,25-53H2,1-3H3/b23-20-,24-21-/t54-/m1/s1. The number of carbonyl (C=O) groups is 3. The fraction of sp³-hybridized carbons (Fsp3) is 0.877. The first kappa shape index (κ1) is 60.9. The average Bonchev–Trinajstić information content (AvgIpc) is 3.28. The van der Waals surface area contributed by atoms with Crippen LogP contribution < -0.4 is 0 Å². The Kier molecular flexibility index (Phi) is 50.8. The zero-order valence-corrected chi connectivity index (χ0v) is 42.4. The first-order valence-corrected chi connectivity index (χ1v) is 27.8. The van der Waals surface area contributed by atoms with Gasteiger partial charge in [-0.05, 0) is 70.6 Å². The molecule has 1 atom stereocenters. The van der Waals surface area contributed by atoms with Gasteiger partial charge < -0.3 is 14.2 Å². The van der Waals surface area contributed by atoms with Gasteiger partial charge in [0.05, 0.1) is 0 Å². The maximum Gasteiger partial charge on any atom is 0.306 e. The number of unbranched alkanes of at least 4 members (excludes halogenated alkanes) is 36. The van der Waals surface area contributed by atoms with Gasteiger partial charge in [-0.1, -0.05) is 238 Å². The first-order valence-electron chi connectivity index (χ1n) is 27.8. The first-order chi connectivity index (χ1) is 31.0. The van der Waals surface area contributed by atoms with Crippen molar-refractivity contribution < 1.29 is 28.6 Å². The molecule has 0 spiro atoms. The van der Waals surface area contributed by atoms with Crippen LogP contribution in [0.2, 0.25) is 0 Å². The summed E-state index contributed by atoms with van der Waals surface area (Å²) in [7, 11) is 0. The molecule has 0 aliphatic heterocycles. The van der Waals surface area contributed by atoms with Crippen molar-refractivity contribution in [2.24, 2.45) is 0 Å². The molecule has 0 fully saturated rings. The maximum atomic E-state index is 12.8. The van der Waals surface area contributed by atoms with Gasteiger partial charge in [0.2, 0.25) is 0 Å². The number of hydrogen-bond acceptors (Lipinski definition) is 6. The highest BCUT2D eigenvalue weighted by molar-refractivity contribution is 5.71. The van der Waals surface area contributed by atoms with Gasteiger partial charge in [0.1, 0.15) is 13.2 Å². The van der Waals surface area contributed by atoms with Gasteiger partial charge >= 0.3 is 17.9 Å². The van der Waals surface area contributed by atoms with E-state index in [2.05, 4.69) is 45.1 Å². The third-order valence-electron chi connectivity index (χ3n) is 12.4. The van der Waals surface area contributed by atoms with E-state index in [-0.39, 0.29) is 31.1 Å². The smallest absolute Gasteiger partial charge is 0.306 e. The largest absolute Gasteiger partial charge is 0.462 e. The average molecular weight is 887 g/mol. The van der Waals surface area contributed by atoms with Crippen LogP contribution in [0.1, 0.15) is 303 Å². The van der Waals surface area contributed by atoms with E-state index in [1.165, 1.54) is 199 Å². The van der Waals surface area contributed by atoms with Crippen LogP contribution >= 0.6 is 0 Å². The van der Waals surface area contributed by atoms with Crippen LogP contribution in [0.25, 0.3) is 0 Å². The second kappa shape index (κ2) is 52.5. The van der Waals surface area contributed by atoms with Gasteiger partial charge in [0, 0.05) is 19.3 Å². The summed E-state index contributed by atoms with van der Waals surface area (Å²) >= 11 is 0. The molecule has 370 valence electrons. The van der Waals surface area contributed by atoms with Crippen LogP contribution in [-0.4, -0.2) is 37.2 Å². The Balaban J connectivity index is 4.32. The summed E-state index contributed by atoms with van der Waals surface area (Å²) in [6, 6.07) is 0. The van der Waals surface area contributed by atoms with Crippen LogP contribution in [0.3, 0.4) is 0 Å². The molecule has 0 aromatic rings. The molecular formula is C57H106O6. The summed E-state index contributed by atoms with van der Waals surface area (Å²) in [5, 5.41) is 0. The molecule has 0 aromatic heterocycles. The van der Waals surface area contributed by atoms with Crippen molar-refractivity contribution in [3.05, 3.63) is 24.3 Å². The molecule has 0 radical (unpaired) electrons. The molecule has 0 rings (SSSR count). The predicted octanol–water partition coefficient (Wildman–Crippen LogP) is 18.3. The minimum atomic E-state index is -0.773. The number of allylic oxidation sites excluding steroid dienone is 4. The lowest BCUT2D eigenvalue weighted by molar-refractivity contribution is -0.167. The topological polar surface area (TPSA) is 78.9 Å². The molecule has 0 heterocycles. The molecular weight excluding hydrogens is 781 g/mol. The van der Waals surface area contributed by atoms with Crippen molar-refractivity contribution >= 4 is 17.9 Å². The minimum absolute atomic E-state index is 0.0717. The second-order valence-corrected chi connectivity index (χ2v) is 18.8. The highest BCUT2D eigenvalue weighted by Crippen LogP contribution is 2.16.